The number of pyridine rings is 1. The summed E-state index contributed by atoms with van der Waals surface area (Å²) in [6.45, 7) is 1.76. The topological polar surface area (TPSA) is 62.7 Å². The monoisotopic (exact) mass is 451 g/mol. The van der Waals surface area contributed by atoms with Gasteiger partial charge in [0.1, 0.15) is 0 Å². The van der Waals surface area contributed by atoms with Crippen molar-refractivity contribution >= 4 is 39.1 Å². The van der Waals surface area contributed by atoms with Gasteiger partial charge >= 0.3 is 0 Å². The van der Waals surface area contributed by atoms with Crippen LogP contribution in [0.15, 0.2) is 40.4 Å². The first-order chi connectivity index (χ1) is 13.0. The summed E-state index contributed by atoms with van der Waals surface area (Å²) in [4.78, 5) is 33.4. The zero-order valence-corrected chi connectivity index (χ0v) is 17.5. The van der Waals surface area contributed by atoms with E-state index in [0.717, 1.165) is 28.8 Å². The second-order valence-electron chi connectivity index (χ2n) is 6.54. The highest BCUT2D eigenvalue weighted by Gasteiger charge is 2.25. The van der Waals surface area contributed by atoms with Gasteiger partial charge in [-0.25, -0.2) is 0 Å². The summed E-state index contributed by atoms with van der Waals surface area (Å²) < 4.78 is 6.59. The largest absolute Gasteiger partial charge is 0.376 e. The average Bonchev–Trinajstić information content (AvgIpc) is 3.33. The van der Waals surface area contributed by atoms with E-state index in [2.05, 4.69) is 20.9 Å². The van der Waals surface area contributed by atoms with E-state index in [1.807, 2.05) is 18.2 Å². The SMILES string of the molecule is CN(CC(=O)N(Cc1cccnc1)CC1CCCO1)C(=O)c1ccc(Br)s1. The minimum Gasteiger partial charge on any atom is -0.376 e. The summed E-state index contributed by atoms with van der Waals surface area (Å²) in [7, 11) is 1.65. The maximum absolute atomic E-state index is 12.9. The third kappa shape index (κ3) is 5.60. The second kappa shape index (κ2) is 9.43. The summed E-state index contributed by atoms with van der Waals surface area (Å²) >= 11 is 4.72. The van der Waals surface area contributed by atoms with E-state index in [-0.39, 0.29) is 24.5 Å². The number of rotatable bonds is 7. The first-order valence-corrected chi connectivity index (χ1v) is 10.4. The molecule has 0 aliphatic carbocycles. The van der Waals surface area contributed by atoms with Crippen molar-refractivity contribution < 1.29 is 14.3 Å². The van der Waals surface area contributed by atoms with Crippen LogP contribution in [0.2, 0.25) is 0 Å². The Morgan fingerprint density at radius 2 is 2.22 bits per heavy atom. The molecule has 1 saturated heterocycles. The van der Waals surface area contributed by atoms with Gasteiger partial charge < -0.3 is 14.5 Å². The second-order valence-corrected chi connectivity index (χ2v) is 9.00. The van der Waals surface area contributed by atoms with Gasteiger partial charge in [0.2, 0.25) is 5.91 Å². The molecule has 0 spiro atoms. The number of carbonyl (C=O) groups excluding carboxylic acids is 2. The van der Waals surface area contributed by atoms with E-state index in [9.17, 15) is 9.59 Å². The Morgan fingerprint density at radius 3 is 2.85 bits per heavy atom. The van der Waals surface area contributed by atoms with Gasteiger partial charge in [-0.3, -0.25) is 14.6 Å². The summed E-state index contributed by atoms with van der Waals surface area (Å²) in [6.07, 6.45) is 5.50. The molecule has 0 aromatic carbocycles. The molecule has 0 bridgehead atoms. The van der Waals surface area contributed by atoms with Crippen LogP contribution in [-0.2, 0) is 16.1 Å². The lowest BCUT2D eigenvalue weighted by atomic mass is 10.2. The van der Waals surface area contributed by atoms with E-state index in [4.69, 9.17) is 4.74 Å². The van der Waals surface area contributed by atoms with Gasteiger partial charge in [0, 0.05) is 39.1 Å². The standard InChI is InChI=1S/C19H22BrN3O3S/c1-22(19(25)16-6-7-17(20)27-16)13-18(24)23(12-15-5-3-9-26-15)11-14-4-2-8-21-10-14/h2,4,6-8,10,15H,3,5,9,11-13H2,1H3. The number of likely N-dealkylation sites (N-methyl/N-ethyl adjacent to an activating group) is 1. The molecule has 1 fully saturated rings. The quantitative estimate of drug-likeness (QED) is 0.648. The van der Waals surface area contributed by atoms with Gasteiger partial charge in [0.25, 0.3) is 5.91 Å². The molecule has 6 nitrogen and oxygen atoms in total. The predicted molar refractivity (Wildman–Crippen MR) is 108 cm³/mol. The number of halogens is 1. The van der Waals surface area contributed by atoms with Crippen LogP contribution >= 0.6 is 27.3 Å². The summed E-state index contributed by atoms with van der Waals surface area (Å²) in [5, 5.41) is 0. The van der Waals surface area contributed by atoms with Crippen LogP contribution in [0, 0.1) is 0 Å². The average molecular weight is 452 g/mol. The van der Waals surface area contributed by atoms with E-state index in [1.165, 1.54) is 16.2 Å². The smallest absolute Gasteiger partial charge is 0.264 e. The van der Waals surface area contributed by atoms with E-state index in [1.54, 1.807) is 30.4 Å². The summed E-state index contributed by atoms with van der Waals surface area (Å²) in [6, 6.07) is 7.40. The van der Waals surface area contributed by atoms with E-state index < -0.39 is 0 Å². The Labute approximate surface area is 171 Å². The van der Waals surface area contributed by atoms with Gasteiger partial charge in [-0.05, 0) is 52.5 Å². The number of thiophene rings is 1. The van der Waals surface area contributed by atoms with E-state index in [0.29, 0.717) is 18.0 Å². The number of nitrogens with zero attached hydrogens (tertiary/aromatic N) is 3. The molecule has 1 atom stereocenters. The normalized spacial score (nSPS) is 16.3. The molecule has 8 heteroatoms. The van der Waals surface area contributed by atoms with Crippen molar-refractivity contribution in [1.82, 2.24) is 14.8 Å². The van der Waals surface area contributed by atoms with Crippen LogP contribution in [0.1, 0.15) is 28.1 Å². The van der Waals surface area contributed by atoms with Gasteiger partial charge in [-0.2, -0.15) is 0 Å². The number of aromatic nitrogens is 1. The van der Waals surface area contributed by atoms with E-state index >= 15 is 0 Å². The maximum Gasteiger partial charge on any atom is 0.264 e. The molecule has 1 unspecified atom stereocenters. The van der Waals surface area contributed by atoms with Gasteiger partial charge in [-0.15, -0.1) is 11.3 Å². The third-order valence-electron chi connectivity index (χ3n) is 4.40. The minimum absolute atomic E-state index is 0.0291. The highest BCUT2D eigenvalue weighted by atomic mass is 79.9. The van der Waals surface area contributed by atoms with Crippen LogP contribution < -0.4 is 0 Å². The van der Waals surface area contributed by atoms with Crippen LogP contribution in [-0.4, -0.2) is 59.4 Å². The summed E-state index contributed by atoms with van der Waals surface area (Å²) in [5.74, 6) is -0.252. The van der Waals surface area contributed by atoms with Crippen molar-refractivity contribution in [2.24, 2.45) is 0 Å². The first-order valence-electron chi connectivity index (χ1n) is 8.82. The predicted octanol–water partition coefficient (Wildman–Crippen LogP) is 3.19. The molecule has 2 aromatic heterocycles. The molecule has 0 radical (unpaired) electrons. The molecule has 1 aliphatic heterocycles. The Balaban J connectivity index is 1.66. The van der Waals surface area contributed by atoms with Crippen molar-refractivity contribution in [3.8, 4) is 0 Å². The molecule has 144 valence electrons. The lowest BCUT2D eigenvalue weighted by molar-refractivity contribution is -0.133. The van der Waals surface area contributed by atoms with Crippen molar-refractivity contribution in [1.29, 1.82) is 0 Å². The molecule has 3 rings (SSSR count). The highest BCUT2D eigenvalue weighted by molar-refractivity contribution is 9.11. The summed E-state index contributed by atoms with van der Waals surface area (Å²) in [5.41, 5.74) is 0.958. The lowest BCUT2D eigenvalue weighted by Crippen LogP contribution is -2.43. The van der Waals surface area contributed by atoms with Gasteiger partial charge in [0.15, 0.2) is 0 Å². The Morgan fingerprint density at radius 1 is 1.37 bits per heavy atom. The zero-order valence-electron chi connectivity index (χ0n) is 15.1. The number of hydrogen-bond acceptors (Lipinski definition) is 5. The third-order valence-corrected chi connectivity index (χ3v) is 6.01. The molecule has 3 heterocycles. The number of ether oxygens (including phenoxy) is 1. The van der Waals surface area contributed by atoms with Gasteiger partial charge in [-0.1, -0.05) is 6.07 Å². The van der Waals surface area contributed by atoms with Crippen molar-refractivity contribution in [2.75, 3.05) is 26.7 Å². The Kier molecular flexibility index (Phi) is 6.98. The fourth-order valence-corrected chi connectivity index (χ4v) is 4.37. The number of hydrogen-bond donors (Lipinski definition) is 0. The minimum atomic E-state index is -0.155. The molecular formula is C19H22BrN3O3S. The zero-order chi connectivity index (χ0) is 19.2. The van der Waals surface area contributed by atoms with Crippen LogP contribution in [0.5, 0.6) is 0 Å². The molecule has 0 N–H and O–H groups in total. The van der Waals surface area contributed by atoms with Crippen molar-refractivity contribution in [3.05, 3.63) is 50.9 Å². The fraction of sp³-hybridized carbons (Fsp3) is 0.421. The number of carbonyl (C=O) groups is 2. The molecule has 0 saturated carbocycles. The Bertz CT molecular complexity index is 778. The Hall–Kier alpha value is -1.77. The molecule has 1 aliphatic rings. The molecular weight excluding hydrogens is 430 g/mol. The highest BCUT2D eigenvalue weighted by Crippen LogP contribution is 2.23. The number of amides is 2. The maximum atomic E-state index is 12.9. The fourth-order valence-electron chi connectivity index (χ4n) is 2.99. The van der Waals surface area contributed by atoms with Crippen LogP contribution in [0.4, 0.5) is 0 Å². The van der Waals surface area contributed by atoms with Gasteiger partial charge in [0.05, 0.1) is 21.3 Å². The molecule has 2 aromatic rings. The first kappa shape index (κ1) is 20.0. The molecule has 27 heavy (non-hydrogen) atoms. The van der Waals surface area contributed by atoms with Crippen molar-refractivity contribution in [2.45, 2.75) is 25.5 Å². The van der Waals surface area contributed by atoms with Crippen molar-refractivity contribution in [3.63, 3.8) is 0 Å². The van der Waals surface area contributed by atoms with Crippen LogP contribution in [0.3, 0.4) is 0 Å². The lowest BCUT2D eigenvalue weighted by Gasteiger charge is -2.27. The van der Waals surface area contributed by atoms with Crippen LogP contribution in [0.25, 0.3) is 0 Å². The molecule has 2 amide bonds.